The minimum atomic E-state index is -1.03. The largest absolute Gasteiger partial charge is 0.496 e. The molecule has 0 saturated carbocycles. The van der Waals surface area contributed by atoms with Gasteiger partial charge in [0.15, 0.2) is 0 Å². The predicted molar refractivity (Wildman–Crippen MR) is 116 cm³/mol. The van der Waals surface area contributed by atoms with Crippen molar-refractivity contribution in [2.45, 2.75) is 32.4 Å². The van der Waals surface area contributed by atoms with Gasteiger partial charge in [-0.25, -0.2) is 9.78 Å². The molecule has 3 aromatic rings. The summed E-state index contributed by atoms with van der Waals surface area (Å²) >= 11 is 1.50. The lowest BCUT2D eigenvalue weighted by Gasteiger charge is -2.22. The van der Waals surface area contributed by atoms with Crippen molar-refractivity contribution >= 4 is 23.3 Å². The van der Waals surface area contributed by atoms with Crippen molar-refractivity contribution in [2.75, 3.05) is 7.11 Å². The van der Waals surface area contributed by atoms with Crippen LogP contribution in [0.4, 0.5) is 4.79 Å². The highest BCUT2D eigenvalue weighted by molar-refractivity contribution is 7.13. The van der Waals surface area contributed by atoms with Crippen molar-refractivity contribution in [1.29, 1.82) is 0 Å². The summed E-state index contributed by atoms with van der Waals surface area (Å²) in [6.07, 6.45) is 0.351. The van der Waals surface area contributed by atoms with Gasteiger partial charge < -0.3 is 10.1 Å². The van der Waals surface area contributed by atoms with Crippen LogP contribution in [-0.4, -0.2) is 34.5 Å². The Bertz CT molecular complexity index is 1090. The van der Waals surface area contributed by atoms with E-state index in [1.54, 1.807) is 14.0 Å². The molecule has 1 saturated heterocycles. The number of ether oxygens (including phenoxy) is 1. The molecule has 1 aliphatic heterocycles. The van der Waals surface area contributed by atoms with E-state index in [1.807, 2.05) is 60.8 Å². The Morgan fingerprint density at radius 2 is 1.87 bits per heavy atom. The minimum Gasteiger partial charge on any atom is -0.496 e. The van der Waals surface area contributed by atoms with E-state index in [2.05, 4.69) is 10.3 Å². The van der Waals surface area contributed by atoms with E-state index in [0.717, 1.165) is 16.1 Å². The Balaban J connectivity index is 1.51. The van der Waals surface area contributed by atoms with Crippen molar-refractivity contribution < 1.29 is 14.3 Å². The van der Waals surface area contributed by atoms with Crippen molar-refractivity contribution in [3.05, 3.63) is 70.7 Å². The zero-order valence-corrected chi connectivity index (χ0v) is 18.0. The standard InChI is InChI=1S/C23H23N3O3S/c1-15-8-10-16(11-9-15)20-24-18(14-30-20)13-26-21(27)23(2,25-22(26)28)12-17-6-4-5-7-19(17)29-3/h4-11,14H,12-13H2,1-3H3,(H,25,28)/t23-/m1/s1. The topological polar surface area (TPSA) is 71.5 Å². The number of rotatable bonds is 6. The van der Waals surface area contributed by atoms with E-state index in [0.29, 0.717) is 17.9 Å². The molecular weight excluding hydrogens is 398 g/mol. The maximum absolute atomic E-state index is 13.1. The number of carbonyl (C=O) groups is 2. The maximum Gasteiger partial charge on any atom is 0.325 e. The third kappa shape index (κ3) is 3.80. The number of urea groups is 1. The Morgan fingerprint density at radius 3 is 2.60 bits per heavy atom. The number of nitrogens with zero attached hydrogens (tertiary/aromatic N) is 2. The third-order valence-corrected chi connectivity index (χ3v) is 6.19. The van der Waals surface area contributed by atoms with Gasteiger partial charge in [0.1, 0.15) is 16.3 Å². The number of methoxy groups -OCH3 is 1. The average molecular weight is 422 g/mol. The van der Waals surface area contributed by atoms with Gasteiger partial charge in [-0.15, -0.1) is 11.3 Å². The second-order valence-electron chi connectivity index (χ2n) is 7.65. The number of aromatic nitrogens is 1. The molecule has 1 fully saturated rings. The van der Waals surface area contributed by atoms with Gasteiger partial charge in [0.25, 0.3) is 5.91 Å². The fourth-order valence-corrected chi connectivity index (χ4v) is 4.43. The van der Waals surface area contributed by atoms with E-state index in [9.17, 15) is 9.59 Å². The Kier molecular flexibility index (Phi) is 5.30. The van der Waals surface area contributed by atoms with Crippen LogP contribution in [-0.2, 0) is 17.8 Å². The first-order valence-electron chi connectivity index (χ1n) is 9.67. The van der Waals surface area contributed by atoms with Gasteiger partial charge in [0.2, 0.25) is 0 Å². The summed E-state index contributed by atoms with van der Waals surface area (Å²) in [5.74, 6) is 0.435. The molecule has 4 rings (SSSR count). The van der Waals surface area contributed by atoms with E-state index in [1.165, 1.54) is 21.8 Å². The van der Waals surface area contributed by atoms with Crippen LogP contribution >= 0.6 is 11.3 Å². The highest BCUT2D eigenvalue weighted by Gasteiger charge is 2.48. The molecular formula is C23H23N3O3S. The molecule has 0 bridgehead atoms. The summed E-state index contributed by atoms with van der Waals surface area (Å²) in [5, 5.41) is 5.62. The van der Waals surface area contributed by atoms with Crippen molar-refractivity contribution in [1.82, 2.24) is 15.2 Å². The normalized spacial score (nSPS) is 18.6. The van der Waals surface area contributed by atoms with Gasteiger partial charge in [0, 0.05) is 17.4 Å². The molecule has 1 atom stereocenters. The Morgan fingerprint density at radius 1 is 1.13 bits per heavy atom. The van der Waals surface area contributed by atoms with Crippen LogP contribution in [0.3, 0.4) is 0 Å². The SMILES string of the molecule is COc1ccccc1C[C@@]1(C)NC(=O)N(Cc2csc(-c3ccc(C)cc3)n2)C1=O. The summed E-state index contributed by atoms with van der Waals surface area (Å²) in [6, 6.07) is 15.2. The van der Waals surface area contributed by atoms with Gasteiger partial charge >= 0.3 is 6.03 Å². The van der Waals surface area contributed by atoms with Crippen LogP contribution in [0.5, 0.6) is 5.75 Å². The number of carbonyl (C=O) groups excluding carboxylic acids is 2. The Hall–Kier alpha value is -3.19. The number of imide groups is 1. The molecule has 1 aliphatic rings. The van der Waals surface area contributed by atoms with Gasteiger partial charge in [-0.1, -0.05) is 48.0 Å². The number of amides is 3. The van der Waals surface area contributed by atoms with Gasteiger partial charge in [-0.2, -0.15) is 0 Å². The molecule has 0 spiro atoms. The zero-order valence-electron chi connectivity index (χ0n) is 17.1. The molecule has 1 aromatic heterocycles. The van der Waals surface area contributed by atoms with Gasteiger partial charge in [-0.05, 0) is 25.5 Å². The molecule has 0 radical (unpaired) electrons. The number of para-hydroxylation sites is 1. The smallest absolute Gasteiger partial charge is 0.325 e. The molecule has 2 aromatic carbocycles. The van der Waals surface area contributed by atoms with Crippen LogP contribution in [0.15, 0.2) is 53.9 Å². The fourth-order valence-electron chi connectivity index (χ4n) is 3.61. The van der Waals surface area contributed by atoms with E-state index in [4.69, 9.17) is 4.74 Å². The Labute approximate surface area is 179 Å². The van der Waals surface area contributed by atoms with Gasteiger partial charge in [-0.3, -0.25) is 9.69 Å². The van der Waals surface area contributed by atoms with Crippen molar-refractivity contribution in [2.24, 2.45) is 0 Å². The van der Waals surface area contributed by atoms with E-state index >= 15 is 0 Å². The summed E-state index contributed by atoms with van der Waals surface area (Å²) in [6.45, 7) is 3.93. The zero-order chi connectivity index (χ0) is 21.3. The number of benzene rings is 2. The average Bonchev–Trinajstić information content (AvgIpc) is 3.28. The molecule has 1 N–H and O–H groups in total. The lowest BCUT2D eigenvalue weighted by atomic mass is 9.92. The molecule has 30 heavy (non-hydrogen) atoms. The first-order valence-corrected chi connectivity index (χ1v) is 10.5. The molecule has 2 heterocycles. The summed E-state index contributed by atoms with van der Waals surface area (Å²) in [4.78, 5) is 31.6. The van der Waals surface area contributed by atoms with Gasteiger partial charge in [0.05, 0.1) is 19.3 Å². The van der Waals surface area contributed by atoms with Crippen LogP contribution in [0.2, 0.25) is 0 Å². The lowest BCUT2D eigenvalue weighted by Crippen LogP contribution is -2.46. The number of thiazole rings is 1. The van der Waals surface area contributed by atoms with Crippen molar-refractivity contribution in [3.63, 3.8) is 0 Å². The lowest BCUT2D eigenvalue weighted by molar-refractivity contribution is -0.131. The highest BCUT2D eigenvalue weighted by atomic mass is 32.1. The summed E-state index contributed by atoms with van der Waals surface area (Å²) in [7, 11) is 1.59. The molecule has 154 valence electrons. The minimum absolute atomic E-state index is 0.147. The first-order chi connectivity index (χ1) is 14.4. The molecule has 7 heteroatoms. The fraction of sp³-hybridized carbons (Fsp3) is 0.261. The van der Waals surface area contributed by atoms with Crippen LogP contribution in [0, 0.1) is 6.92 Å². The molecule has 0 unspecified atom stereocenters. The second-order valence-corrected chi connectivity index (χ2v) is 8.51. The predicted octanol–water partition coefficient (Wildman–Crippen LogP) is 4.18. The summed E-state index contributed by atoms with van der Waals surface area (Å²) in [5.41, 5.74) is 2.75. The number of nitrogens with one attached hydrogen (secondary N) is 1. The number of hydrogen-bond acceptors (Lipinski definition) is 5. The quantitative estimate of drug-likeness (QED) is 0.606. The number of hydrogen-bond donors (Lipinski definition) is 1. The number of aryl methyl sites for hydroxylation is 1. The second kappa shape index (κ2) is 7.91. The molecule has 0 aliphatic carbocycles. The van der Waals surface area contributed by atoms with Crippen molar-refractivity contribution in [3.8, 4) is 16.3 Å². The molecule has 3 amide bonds. The van der Waals surface area contributed by atoms with Crippen LogP contribution in [0.25, 0.3) is 10.6 Å². The summed E-state index contributed by atoms with van der Waals surface area (Å²) < 4.78 is 5.39. The highest BCUT2D eigenvalue weighted by Crippen LogP contribution is 2.29. The van der Waals surface area contributed by atoms with E-state index in [-0.39, 0.29) is 12.5 Å². The van der Waals surface area contributed by atoms with E-state index < -0.39 is 11.6 Å². The monoisotopic (exact) mass is 421 g/mol. The first kappa shape index (κ1) is 20.1. The van der Waals surface area contributed by atoms with Crippen LogP contribution in [0.1, 0.15) is 23.7 Å². The molecule has 6 nitrogen and oxygen atoms in total. The third-order valence-electron chi connectivity index (χ3n) is 5.25. The van der Waals surface area contributed by atoms with Crippen LogP contribution < -0.4 is 10.1 Å². The maximum atomic E-state index is 13.1.